The Labute approximate surface area is 152 Å². The molecular weight excluding hydrogens is 412 g/mol. The quantitative estimate of drug-likeness (QED) is 0.728. The van der Waals surface area contributed by atoms with E-state index in [0.29, 0.717) is 11.3 Å². The molecular formula is C16H13BrN2O5S. The molecule has 0 aromatic heterocycles. The van der Waals surface area contributed by atoms with Crippen LogP contribution in [0.25, 0.3) is 0 Å². The molecule has 3 N–H and O–H groups in total. The molecule has 0 saturated heterocycles. The molecule has 7 nitrogen and oxygen atoms in total. The highest BCUT2D eigenvalue weighted by molar-refractivity contribution is 9.10. The topological polar surface area (TPSA) is 116 Å². The molecule has 1 atom stereocenters. The van der Waals surface area contributed by atoms with Crippen LogP contribution < -0.4 is 10.5 Å². The highest BCUT2D eigenvalue weighted by Crippen LogP contribution is 2.25. The summed E-state index contributed by atoms with van der Waals surface area (Å²) in [6.45, 7) is 0. The van der Waals surface area contributed by atoms with Crippen molar-refractivity contribution in [2.24, 2.45) is 5.14 Å². The van der Waals surface area contributed by atoms with Gasteiger partial charge in [-0.3, -0.25) is 4.79 Å². The molecule has 0 aliphatic carbocycles. The van der Waals surface area contributed by atoms with Crippen LogP contribution in [-0.2, 0) is 26.0 Å². The molecule has 1 amide bonds. The van der Waals surface area contributed by atoms with E-state index in [-0.39, 0.29) is 11.3 Å². The van der Waals surface area contributed by atoms with Crippen LogP contribution in [0, 0.1) is 0 Å². The van der Waals surface area contributed by atoms with Crippen molar-refractivity contribution < 1.29 is 22.7 Å². The smallest absolute Gasteiger partial charge is 0.339 e. The monoisotopic (exact) mass is 424 g/mol. The summed E-state index contributed by atoms with van der Waals surface area (Å²) in [5, 5.41) is 7.61. The summed E-state index contributed by atoms with van der Waals surface area (Å²) in [6.07, 6.45) is -0.714. The van der Waals surface area contributed by atoms with Crippen molar-refractivity contribution in [3.05, 3.63) is 58.1 Å². The van der Waals surface area contributed by atoms with E-state index >= 15 is 0 Å². The molecule has 2 aromatic rings. The number of primary sulfonamides is 1. The number of carbonyl (C=O) groups excluding carboxylic acids is 2. The fourth-order valence-electron chi connectivity index (χ4n) is 2.46. The summed E-state index contributed by atoms with van der Waals surface area (Å²) in [5.41, 5.74) is 1.52. The summed E-state index contributed by atoms with van der Waals surface area (Å²) in [5.74, 6) is -1.05. The predicted octanol–water partition coefficient (Wildman–Crippen LogP) is 1.82. The average Bonchev–Trinajstić information content (AvgIpc) is 2.54. The maximum Gasteiger partial charge on any atom is 0.339 e. The molecule has 1 aliphatic rings. The van der Waals surface area contributed by atoms with Crippen LogP contribution in [0.4, 0.5) is 5.69 Å². The third-order valence-electron chi connectivity index (χ3n) is 3.68. The number of carbonyl (C=O) groups is 2. The number of nitrogens with two attached hydrogens (primary N) is 1. The minimum absolute atomic E-state index is 0.0617. The molecule has 9 heteroatoms. The van der Waals surface area contributed by atoms with E-state index in [4.69, 9.17) is 9.88 Å². The van der Waals surface area contributed by atoms with Crippen LogP contribution >= 0.6 is 15.9 Å². The maximum absolute atomic E-state index is 12.3. The van der Waals surface area contributed by atoms with Gasteiger partial charge in [0.2, 0.25) is 10.0 Å². The first-order chi connectivity index (χ1) is 11.7. The number of sulfonamides is 1. The van der Waals surface area contributed by atoms with Crippen molar-refractivity contribution in [1.29, 1.82) is 0 Å². The van der Waals surface area contributed by atoms with Crippen molar-refractivity contribution in [2.75, 3.05) is 5.32 Å². The van der Waals surface area contributed by atoms with Crippen molar-refractivity contribution in [3.8, 4) is 0 Å². The van der Waals surface area contributed by atoms with Gasteiger partial charge in [-0.25, -0.2) is 18.4 Å². The van der Waals surface area contributed by atoms with E-state index in [9.17, 15) is 18.0 Å². The summed E-state index contributed by atoms with van der Waals surface area (Å²) in [7, 11) is -3.80. The molecule has 130 valence electrons. The highest BCUT2D eigenvalue weighted by atomic mass is 79.9. The SMILES string of the molecule is NS(=O)(=O)c1ccc(NC(=O)[C@H]2Cc3cc(Br)ccc3C(=O)O2)cc1. The number of halogens is 1. The molecule has 0 saturated carbocycles. The van der Waals surface area contributed by atoms with Gasteiger partial charge < -0.3 is 10.1 Å². The largest absolute Gasteiger partial charge is 0.448 e. The highest BCUT2D eigenvalue weighted by Gasteiger charge is 2.31. The van der Waals surface area contributed by atoms with Gasteiger partial charge in [-0.15, -0.1) is 0 Å². The van der Waals surface area contributed by atoms with E-state index in [0.717, 1.165) is 10.0 Å². The molecule has 3 rings (SSSR count). The van der Waals surface area contributed by atoms with Crippen molar-refractivity contribution >= 4 is 43.5 Å². The predicted molar refractivity (Wildman–Crippen MR) is 93.5 cm³/mol. The standard InChI is InChI=1S/C16H13BrN2O5S/c17-10-1-6-13-9(7-10)8-14(24-16(13)21)15(20)19-11-2-4-12(5-3-11)25(18,22)23/h1-7,14H,8H2,(H,19,20)(H2,18,22,23)/t14-/m1/s1. The molecule has 2 aromatic carbocycles. The lowest BCUT2D eigenvalue weighted by atomic mass is 9.98. The molecule has 0 fully saturated rings. The lowest BCUT2D eigenvalue weighted by Gasteiger charge is -2.24. The van der Waals surface area contributed by atoms with Crippen molar-refractivity contribution in [1.82, 2.24) is 0 Å². The Balaban J connectivity index is 1.75. The maximum atomic E-state index is 12.3. The zero-order chi connectivity index (χ0) is 18.2. The molecule has 25 heavy (non-hydrogen) atoms. The van der Waals surface area contributed by atoms with Crippen LogP contribution in [-0.4, -0.2) is 26.4 Å². The number of amides is 1. The third-order valence-corrected chi connectivity index (χ3v) is 5.11. The van der Waals surface area contributed by atoms with E-state index in [2.05, 4.69) is 21.2 Å². The minimum atomic E-state index is -3.80. The summed E-state index contributed by atoms with van der Waals surface area (Å²) in [4.78, 5) is 24.3. The average molecular weight is 425 g/mol. The summed E-state index contributed by atoms with van der Waals surface area (Å²) >= 11 is 3.33. The molecule has 1 aliphatic heterocycles. The van der Waals surface area contributed by atoms with Crippen LogP contribution in [0.2, 0.25) is 0 Å². The van der Waals surface area contributed by atoms with Gasteiger partial charge in [0, 0.05) is 16.6 Å². The van der Waals surface area contributed by atoms with Crippen molar-refractivity contribution in [3.63, 3.8) is 0 Å². The van der Waals surface area contributed by atoms with Gasteiger partial charge in [0.05, 0.1) is 10.5 Å². The Hall–Kier alpha value is -2.23. The number of esters is 1. The molecule has 0 spiro atoms. The lowest BCUT2D eigenvalue weighted by Crippen LogP contribution is -2.38. The third kappa shape index (κ3) is 3.89. The number of fused-ring (bicyclic) bond motifs is 1. The van der Waals surface area contributed by atoms with Crippen LogP contribution in [0.5, 0.6) is 0 Å². The van der Waals surface area contributed by atoms with Gasteiger partial charge in [-0.05, 0) is 48.0 Å². The van der Waals surface area contributed by atoms with Crippen LogP contribution in [0.3, 0.4) is 0 Å². The number of rotatable bonds is 3. The minimum Gasteiger partial charge on any atom is -0.448 e. The van der Waals surface area contributed by atoms with Gasteiger partial charge >= 0.3 is 5.97 Å². The first kappa shape index (κ1) is 17.6. The molecule has 0 radical (unpaired) electrons. The number of cyclic esters (lactones) is 1. The van der Waals surface area contributed by atoms with Gasteiger partial charge in [-0.2, -0.15) is 0 Å². The number of nitrogens with one attached hydrogen (secondary N) is 1. The number of benzene rings is 2. The Bertz CT molecular complexity index is 957. The Kier molecular flexibility index (Phi) is 4.63. The number of hydrogen-bond acceptors (Lipinski definition) is 5. The van der Waals surface area contributed by atoms with Gasteiger partial charge in [0.1, 0.15) is 0 Å². The van der Waals surface area contributed by atoms with Crippen LogP contribution in [0.1, 0.15) is 15.9 Å². The zero-order valence-corrected chi connectivity index (χ0v) is 15.1. The van der Waals surface area contributed by atoms with Crippen molar-refractivity contribution in [2.45, 2.75) is 17.4 Å². The Morgan fingerprint density at radius 1 is 1.20 bits per heavy atom. The van der Waals surface area contributed by atoms with Gasteiger partial charge in [0.15, 0.2) is 6.10 Å². The van der Waals surface area contributed by atoms with Gasteiger partial charge in [-0.1, -0.05) is 15.9 Å². The Morgan fingerprint density at radius 3 is 2.52 bits per heavy atom. The lowest BCUT2D eigenvalue weighted by molar-refractivity contribution is -0.125. The first-order valence-electron chi connectivity index (χ1n) is 7.17. The summed E-state index contributed by atoms with van der Waals surface area (Å²) < 4.78 is 28.4. The van der Waals surface area contributed by atoms with Gasteiger partial charge in [0.25, 0.3) is 5.91 Å². The fourth-order valence-corrected chi connectivity index (χ4v) is 3.39. The summed E-state index contributed by atoms with van der Waals surface area (Å²) in [6, 6.07) is 10.5. The molecule has 0 bridgehead atoms. The molecule has 0 unspecified atom stereocenters. The second-order valence-corrected chi connectivity index (χ2v) is 7.94. The van der Waals surface area contributed by atoms with E-state index in [1.54, 1.807) is 18.2 Å². The number of hydrogen-bond donors (Lipinski definition) is 2. The Morgan fingerprint density at radius 2 is 1.88 bits per heavy atom. The first-order valence-corrected chi connectivity index (χ1v) is 9.51. The normalized spacial score (nSPS) is 16.7. The van der Waals surface area contributed by atoms with E-state index in [1.807, 2.05) is 0 Å². The fraction of sp³-hybridized carbons (Fsp3) is 0.125. The second kappa shape index (κ2) is 6.58. The number of ether oxygens (including phenoxy) is 1. The van der Waals surface area contributed by atoms with Crippen LogP contribution in [0.15, 0.2) is 51.8 Å². The second-order valence-electron chi connectivity index (χ2n) is 5.46. The van der Waals surface area contributed by atoms with E-state index < -0.39 is 28.0 Å². The zero-order valence-electron chi connectivity index (χ0n) is 12.7. The van der Waals surface area contributed by atoms with E-state index in [1.165, 1.54) is 24.3 Å². The molecule has 1 heterocycles. The number of anilines is 1.